The van der Waals surface area contributed by atoms with E-state index in [1.165, 1.54) is 11.8 Å². The molecule has 0 bridgehead atoms. The summed E-state index contributed by atoms with van der Waals surface area (Å²) in [5, 5.41) is 0.569. The van der Waals surface area contributed by atoms with Crippen molar-refractivity contribution in [2.75, 3.05) is 6.61 Å². The van der Waals surface area contributed by atoms with Gasteiger partial charge in [0.1, 0.15) is 5.25 Å². The second-order valence-corrected chi connectivity index (χ2v) is 6.75. The molecule has 1 fully saturated rings. The van der Waals surface area contributed by atoms with Crippen molar-refractivity contribution < 1.29 is 9.53 Å². The maximum atomic E-state index is 11.7. The molecule has 1 atom stereocenters. The van der Waals surface area contributed by atoms with Gasteiger partial charge in [-0.3, -0.25) is 4.79 Å². The van der Waals surface area contributed by atoms with E-state index in [9.17, 15) is 4.79 Å². The number of nitrogens with zero attached hydrogens (tertiary/aromatic N) is 1. The quantitative estimate of drug-likeness (QED) is 0.727. The number of esters is 1. The number of imidazole rings is 1. The molecule has 2 heterocycles. The highest BCUT2D eigenvalue weighted by Gasteiger charge is 2.29. The lowest BCUT2D eigenvalue weighted by molar-refractivity contribution is -0.137. The predicted molar refractivity (Wildman–Crippen MR) is 94.7 cm³/mol. The standard InChI is InChI=1S/C19H16N2O2S/c22-18-15(11-12-23-18)24-19-20-16(13-7-3-1-4-8-13)17(21-19)14-9-5-2-6-10-14/h1-10,15H,11-12H2,(H,20,21)/t15-/m0/s1. The fourth-order valence-electron chi connectivity index (χ4n) is 2.75. The average Bonchev–Trinajstić information content (AvgIpc) is 3.24. The van der Waals surface area contributed by atoms with Crippen LogP contribution < -0.4 is 0 Å². The molecule has 24 heavy (non-hydrogen) atoms. The lowest BCUT2D eigenvalue weighted by Gasteiger charge is -2.02. The molecular weight excluding hydrogens is 320 g/mol. The van der Waals surface area contributed by atoms with Crippen molar-refractivity contribution in [3.8, 4) is 22.5 Å². The topological polar surface area (TPSA) is 55.0 Å². The van der Waals surface area contributed by atoms with E-state index in [1.807, 2.05) is 48.5 Å². The van der Waals surface area contributed by atoms with Gasteiger partial charge in [0.15, 0.2) is 5.16 Å². The molecule has 0 saturated carbocycles. The summed E-state index contributed by atoms with van der Waals surface area (Å²) in [6, 6.07) is 20.2. The van der Waals surface area contributed by atoms with Gasteiger partial charge in [-0.2, -0.15) is 0 Å². The van der Waals surface area contributed by atoms with E-state index in [0.29, 0.717) is 6.61 Å². The number of aromatic amines is 1. The third kappa shape index (κ3) is 2.95. The Kier molecular flexibility index (Phi) is 4.09. The van der Waals surface area contributed by atoms with E-state index in [2.05, 4.69) is 17.1 Å². The number of ether oxygens (including phenoxy) is 1. The maximum Gasteiger partial charge on any atom is 0.319 e. The molecule has 1 saturated heterocycles. The summed E-state index contributed by atoms with van der Waals surface area (Å²) >= 11 is 1.44. The van der Waals surface area contributed by atoms with Crippen LogP contribution in [0.15, 0.2) is 65.8 Å². The zero-order valence-corrected chi connectivity index (χ0v) is 13.8. The Labute approximate surface area is 144 Å². The number of carbonyl (C=O) groups excluding carboxylic acids is 1. The highest BCUT2D eigenvalue weighted by atomic mass is 32.2. The molecule has 1 aromatic heterocycles. The summed E-state index contributed by atoms with van der Waals surface area (Å²) in [7, 11) is 0. The molecule has 120 valence electrons. The SMILES string of the molecule is O=C1OCC[C@@H]1Sc1nc(-c2ccccc2)c(-c2ccccc2)[nH]1. The van der Waals surface area contributed by atoms with Gasteiger partial charge in [-0.05, 0) is 0 Å². The number of rotatable bonds is 4. The fraction of sp³-hybridized carbons (Fsp3) is 0.158. The molecule has 3 aromatic rings. The van der Waals surface area contributed by atoms with Gasteiger partial charge in [-0.15, -0.1) is 0 Å². The summed E-state index contributed by atoms with van der Waals surface area (Å²) in [6.07, 6.45) is 0.728. The minimum atomic E-state index is -0.177. The zero-order chi connectivity index (χ0) is 16.4. The molecule has 0 spiro atoms. The average molecular weight is 336 g/mol. The first-order valence-electron chi connectivity index (χ1n) is 7.85. The van der Waals surface area contributed by atoms with Crippen molar-refractivity contribution in [2.45, 2.75) is 16.8 Å². The largest absolute Gasteiger partial charge is 0.465 e. The third-order valence-electron chi connectivity index (χ3n) is 3.93. The van der Waals surface area contributed by atoms with Crippen molar-refractivity contribution >= 4 is 17.7 Å². The van der Waals surface area contributed by atoms with Gasteiger partial charge in [-0.1, -0.05) is 72.4 Å². The molecule has 0 amide bonds. The van der Waals surface area contributed by atoms with E-state index < -0.39 is 0 Å². The van der Waals surface area contributed by atoms with Gasteiger partial charge in [-0.25, -0.2) is 4.98 Å². The van der Waals surface area contributed by atoms with Gasteiger partial charge in [0.2, 0.25) is 0 Å². The number of nitrogens with one attached hydrogen (secondary N) is 1. The number of hydrogen-bond acceptors (Lipinski definition) is 4. The van der Waals surface area contributed by atoms with E-state index in [4.69, 9.17) is 9.72 Å². The molecule has 1 aliphatic heterocycles. The van der Waals surface area contributed by atoms with Gasteiger partial charge in [0, 0.05) is 17.5 Å². The normalized spacial score (nSPS) is 17.0. The van der Waals surface area contributed by atoms with Crippen LogP contribution in [-0.4, -0.2) is 27.8 Å². The summed E-state index contributed by atoms with van der Waals surface area (Å²) < 4.78 is 5.04. The number of carbonyl (C=O) groups is 1. The van der Waals surface area contributed by atoms with Crippen molar-refractivity contribution in [2.24, 2.45) is 0 Å². The van der Waals surface area contributed by atoms with Gasteiger partial charge in [0.05, 0.1) is 18.0 Å². The lowest BCUT2D eigenvalue weighted by Crippen LogP contribution is -2.09. The van der Waals surface area contributed by atoms with Crippen LogP contribution in [0.25, 0.3) is 22.5 Å². The first kappa shape index (κ1) is 15.0. The van der Waals surface area contributed by atoms with Crippen molar-refractivity contribution in [3.05, 3.63) is 60.7 Å². The molecule has 1 aliphatic rings. The van der Waals surface area contributed by atoms with Crippen molar-refractivity contribution in [3.63, 3.8) is 0 Å². The first-order valence-corrected chi connectivity index (χ1v) is 8.73. The molecule has 1 N–H and O–H groups in total. The van der Waals surface area contributed by atoms with Crippen LogP contribution in [0.2, 0.25) is 0 Å². The second-order valence-electron chi connectivity index (χ2n) is 5.56. The Bertz CT molecular complexity index is 789. The summed E-state index contributed by atoms with van der Waals surface area (Å²) in [6.45, 7) is 0.494. The van der Waals surface area contributed by atoms with Gasteiger partial charge in [0.25, 0.3) is 0 Å². The molecule has 5 heteroatoms. The maximum absolute atomic E-state index is 11.7. The molecular formula is C19H16N2O2S. The van der Waals surface area contributed by atoms with Crippen LogP contribution in [0.3, 0.4) is 0 Å². The Morgan fingerprint density at radius 1 is 1.00 bits per heavy atom. The lowest BCUT2D eigenvalue weighted by atomic mass is 10.1. The molecule has 4 nitrogen and oxygen atoms in total. The fourth-order valence-corrected chi connectivity index (χ4v) is 3.70. The van der Waals surface area contributed by atoms with Crippen LogP contribution in [-0.2, 0) is 9.53 Å². The molecule has 0 aliphatic carbocycles. The van der Waals surface area contributed by atoms with E-state index in [0.717, 1.165) is 34.1 Å². The molecule has 0 unspecified atom stereocenters. The Balaban J connectivity index is 1.75. The number of H-pyrrole nitrogens is 1. The van der Waals surface area contributed by atoms with Crippen LogP contribution >= 0.6 is 11.8 Å². The minimum absolute atomic E-state index is 0.154. The zero-order valence-electron chi connectivity index (χ0n) is 12.9. The first-order chi connectivity index (χ1) is 11.8. The van der Waals surface area contributed by atoms with E-state index in [-0.39, 0.29) is 11.2 Å². The van der Waals surface area contributed by atoms with Crippen LogP contribution in [0, 0.1) is 0 Å². The number of cyclic esters (lactones) is 1. The summed E-state index contributed by atoms with van der Waals surface area (Å²) in [4.78, 5) is 19.9. The van der Waals surface area contributed by atoms with Crippen LogP contribution in [0.5, 0.6) is 0 Å². The smallest absolute Gasteiger partial charge is 0.319 e. The van der Waals surface area contributed by atoms with E-state index in [1.54, 1.807) is 0 Å². The number of hydrogen-bond donors (Lipinski definition) is 1. The Hall–Kier alpha value is -2.53. The van der Waals surface area contributed by atoms with Gasteiger partial charge < -0.3 is 9.72 Å². The van der Waals surface area contributed by atoms with Crippen molar-refractivity contribution in [1.82, 2.24) is 9.97 Å². The number of thioether (sulfide) groups is 1. The third-order valence-corrected chi connectivity index (χ3v) is 5.06. The Morgan fingerprint density at radius 3 is 2.29 bits per heavy atom. The highest BCUT2D eigenvalue weighted by Crippen LogP contribution is 2.35. The molecule has 2 aromatic carbocycles. The summed E-state index contributed by atoms with van der Waals surface area (Å²) in [5.41, 5.74) is 3.99. The second kappa shape index (κ2) is 6.53. The number of aromatic nitrogens is 2. The number of benzene rings is 2. The van der Waals surface area contributed by atoms with Crippen LogP contribution in [0.4, 0.5) is 0 Å². The monoisotopic (exact) mass is 336 g/mol. The highest BCUT2D eigenvalue weighted by molar-refractivity contribution is 8.00. The van der Waals surface area contributed by atoms with Crippen molar-refractivity contribution in [1.29, 1.82) is 0 Å². The predicted octanol–water partition coefficient (Wildman–Crippen LogP) is 4.15. The molecule has 4 rings (SSSR count). The van der Waals surface area contributed by atoms with Gasteiger partial charge >= 0.3 is 5.97 Å². The summed E-state index contributed by atoms with van der Waals surface area (Å²) in [5.74, 6) is -0.154. The minimum Gasteiger partial charge on any atom is -0.465 e. The van der Waals surface area contributed by atoms with Crippen LogP contribution in [0.1, 0.15) is 6.42 Å². The van der Waals surface area contributed by atoms with E-state index >= 15 is 0 Å². The Morgan fingerprint density at radius 2 is 1.67 bits per heavy atom. The molecule has 0 radical (unpaired) electrons.